The van der Waals surface area contributed by atoms with Crippen LogP contribution in [0, 0.1) is 5.41 Å². The second-order valence-electron chi connectivity index (χ2n) is 8.41. The lowest BCUT2D eigenvalue weighted by Crippen LogP contribution is -2.50. The predicted octanol–water partition coefficient (Wildman–Crippen LogP) is 5.36. The molecule has 1 amide bonds. The minimum absolute atomic E-state index is 0.0629. The molecule has 0 radical (unpaired) electrons. The number of carbonyl (C=O) groups is 2. The Hall–Kier alpha value is -3.08. The number of rotatable bonds is 9. The average molecular weight is 408 g/mol. The Morgan fingerprint density at radius 1 is 1.13 bits per heavy atom. The van der Waals surface area contributed by atoms with Crippen LogP contribution in [0.5, 0.6) is 0 Å². The molecule has 1 atom stereocenters. The zero-order valence-corrected chi connectivity index (χ0v) is 17.6. The first-order chi connectivity index (χ1) is 14.3. The molecule has 0 fully saturated rings. The van der Waals surface area contributed by atoms with Crippen molar-refractivity contribution in [2.24, 2.45) is 5.41 Å². The van der Waals surface area contributed by atoms with E-state index in [2.05, 4.69) is 24.0 Å². The van der Waals surface area contributed by atoms with E-state index in [-0.39, 0.29) is 12.5 Å². The van der Waals surface area contributed by atoms with Gasteiger partial charge >= 0.3 is 12.1 Å². The fourth-order valence-corrected chi connectivity index (χ4v) is 4.20. The van der Waals surface area contributed by atoms with Gasteiger partial charge in [0.1, 0.15) is 12.6 Å². The summed E-state index contributed by atoms with van der Waals surface area (Å²) in [5.74, 6) is -1.13. The quantitative estimate of drug-likeness (QED) is 0.433. The summed E-state index contributed by atoms with van der Waals surface area (Å²) in [6, 6.07) is 15.1. The van der Waals surface area contributed by atoms with Crippen LogP contribution in [-0.2, 0) is 9.53 Å². The van der Waals surface area contributed by atoms with Crippen molar-refractivity contribution in [2.45, 2.75) is 45.1 Å². The number of alkyl carbamates (subject to hydrolysis) is 1. The molecule has 3 rings (SSSR count). The van der Waals surface area contributed by atoms with Gasteiger partial charge in [-0.15, -0.1) is 6.58 Å². The number of carbonyl (C=O) groups excluding carboxylic acids is 1. The second kappa shape index (κ2) is 9.16. The first-order valence-corrected chi connectivity index (χ1v) is 10.3. The summed E-state index contributed by atoms with van der Waals surface area (Å²) in [6.45, 7) is 7.54. The van der Waals surface area contributed by atoms with E-state index in [1.54, 1.807) is 0 Å². The Bertz CT molecular complexity index is 889. The number of ether oxygens (including phenoxy) is 1. The topological polar surface area (TPSA) is 75.6 Å². The summed E-state index contributed by atoms with van der Waals surface area (Å²) < 4.78 is 5.51. The zero-order valence-electron chi connectivity index (χ0n) is 17.6. The first-order valence-electron chi connectivity index (χ1n) is 10.3. The van der Waals surface area contributed by atoms with Crippen LogP contribution in [0.3, 0.4) is 0 Å². The molecule has 5 heteroatoms. The van der Waals surface area contributed by atoms with Gasteiger partial charge in [0, 0.05) is 5.92 Å². The molecular formula is C25H29NO4. The van der Waals surface area contributed by atoms with Crippen molar-refractivity contribution < 1.29 is 19.4 Å². The molecule has 158 valence electrons. The summed E-state index contributed by atoms with van der Waals surface area (Å²) in [7, 11) is 0. The molecular weight excluding hydrogens is 378 g/mol. The van der Waals surface area contributed by atoms with Crippen LogP contribution >= 0.6 is 0 Å². The van der Waals surface area contributed by atoms with Crippen LogP contribution in [0.1, 0.15) is 50.2 Å². The molecule has 2 aromatic carbocycles. The summed E-state index contributed by atoms with van der Waals surface area (Å²) in [5, 5.41) is 12.2. The molecule has 2 aromatic rings. The van der Waals surface area contributed by atoms with E-state index < -0.39 is 23.5 Å². The van der Waals surface area contributed by atoms with Gasteiger partial charge in [0.15, 0.2) is 0 Å². The molecule has 0 saturated heterocycles. The smallest absolute Gasteiger partial charge is 0.407 e. The van der Waals surface area contributed by atoms with E-state index in [0.717, 1.165) is 35.1 Å². The largest absolute Gasteiger partial charge is 0.480 e. The molecule has 0 spiro atoms. The monoisotopic (exact) mass is 407 g/mol. The molecule has 5 nitrogen and oxygen atoms in total. The Morgan fingerprint density at radius 3 is 2.23 bits per heavy atom. The minimum atomic E-state index is -1.06. The number of amides is 1. The van der Waals surface area contributed by atoms with Gasteiger partial charge in [0.25, 0.3) is 0 Å². The van der Waals surface area contributed by atoms with Crippen molar-refractivity contribution in [3.63, 3.8) is 0 Å². The van der Waals surface area contributed by atoms with Gasteiger partial charge in [0.2, 0.25) is 0 Å². The maximum atomic E-state index is 12.5. The molecule has 1 aliphatic carbocycles. The van der Waals surface area contributed by atoms with E-state index in [1.165, 1.54) is 0 Å². The lowest BCUT2D eigenvalue weighted by Gasteiger charge is -2.31. The molecule has 30 heavy (non-hydrogen) atoms. The molecule has 0 bridgehead atoms. The molecule has 0 heterocycles. The SMILES string of the molecule is C=CCCCC(C)(C)[C@H](NC(=O)OCC1c2ccccc2-c2ccccc21)C(=O)O. The molecule has 2 N–H and O–H groups in total. The zero-order chi connectivity index (χ0) is 21.7. The standard InChI is InChI=1S/C25H29NO4/c1-4-5-10-15-25(2,3)22(23(27)28)26-24(29)30-16-21-19-13-8-6-11-17(19)18-12-7-9-14-20(18)21/h4,6-9,11-14,21-22H,1,5,10,15-16H2,2-3H3,(H,26,29)(H,27,28)/t22-/m1/s1. The summed E-state index contributed by atoms with van der Waals surface area (Å²) in [4.78, 5) is 24.3. The van der Waals surface area contributed by atoms with E-state index in [9.17, 15) is 14.7 Å². The average Bonchev–Trinajstić information content (AvgIpc) is 3.04. The number of nitrogens with one attached hydrogen (secondary N) is 1. The highest BCUT2D eigenvalue weighted by molar-refractivity contribution is 5.81. The van der Waals surface area contributed by atoms with Crippen LogP contribution < -0.4 is 5.32 Å². The summed E-state index contributed by atoms with van der Waals surface area (Å²) in [5.41, 5.74) is 3.92. The molecule has 0 unspecified atom stereocenters. The lowest BCUT2D eigenvalue weighted by molar-refractivity contribution is -0.142. The normalized spacial score (nSPS) is 13.8. The maximum Gasteiger partial charge on any atom is 0.407 e. The molecule has 0 aromatic heterocycles. The van der Waals surface area contributed by atoms with Crippen LogP contribution in [-0.4, -0.2) is 29.8 Å². The van der Waals surface area contributed by atoms with E-state index >= 15 is 0 Å². The van der Waals surface area contributed by atoms with Gasteiger partial charge in [-0.3, -0.25) is 0 Å². The molecule has 0 saturated carbocycles. The van der Waals surface area contributed by atoms with Crippen molar-refractivity contribution >= 4 is 12.1 Å². The number of allylic oxidation sites excluding steroid dienone is 1. The third-order valence-corrected chi connectivity index (χ3v) is 5.86. The van der Waals surface area contributed by atoms with Crippen LogP contribution in [0.2, 0.25) is 0 Å². The van der Waals surface area contributed by atoms with E-state index in [0.29, 0.717) is 6.42 Å². The van der Waals surface area contributed by atoms with Crippen LogP contribution in [0.4, 0.5) is 4.79 Å². The number of carboxylic acids is 1. The number of hydrogen-bond donors (Lipinski definition) is 2. The number of aliphatic carboxylic acids is 1. The number of fused-ring (bicyclic) bond motifs is 3. The van der Waals surface area contributed by atoms with Crippen molar-refractivity contribution in [3.05, 3.63) is 72.3 Å². The molecule has 0 aliphatic heterocycles. The Morgan fingerprint density at radius 2 is 1.70 bits per heavy atom. The fraction of sp³-hybridized carbons (Fsp3) is 0.360. The number of unbranched alkanes of at least 4 members (excludes halogenated alkanes) is 1. The van der Waals surface area contributed by atoms with Crippen molar-refractivity contribution in [3.8, 4) is 11.1 Å². The van der Waals surface area contributed by atoms with Gasteiger partial charge in [-0.25, -0.2) is 9.59 Å². The summed E-state index contributed by atoms with van der Waals surface area (Å²) in [6.07, 6.45) is 3.37. The van der Waals surface area contributed by atoms with Gasteiger partial charge in [-0.1, -0.05) is 68.5 Å². The van der Waals surface area contributed by atoms with E-state index in [1.807, 2.05) is 56.3 Å². The van der Waals surface area contributed by atoms with Gasteiger partial charge < -0.3 is 15.2 Å². The van der Waals surface area contributed by atoms with Crippen LogP contribution in [0.25, 0.3) is 11.1 Å². The Kier molecular flexibility index (Phi) is 6.60. The van der Waals surface area contributed by atoms with Crippen molar-refractivity contribution in [2.75, 3.05) is 6.61 Å². The van der Waals surface area contributed by atoms with Crippen LogP contribution in [0.15, 0.2) is 61.2 Å². The number of hydrogen-bond acceptors (Lipinski definition) is 3. The summed E-state index contributed by atoms with van der Waals surface area (Å²) >= 11 is 0. The Labute approximate surface area is 177 Å². The number of carboxylic acid groups (broad SMARTS) is 1. The van der Waals surface area contributed by atoms with Gasteiger partial charge in [-0.05, 0) is 46.9 Å². The van der Waals surface area contributed by atoms with Crippen molar-refractivity contribution in [1.29, 1.82) is 0 Å². The third-order valence-electron chi connectivity index (χ3n) is 5.86. The first kappa shape index (κ1) is 21.6. The highest BCUT2D eigenvalue weighted by Gasteiger charge is 2.37. The minimum Gasteiger partial charge on any atom is -0.480 e. The van der Waals surface area contributed by atoms with E-state index in [4.69, 9.17) is 4.74 Å². The van der Waals surface area contributed by atoms with Gasteiger partial charge in [0.05, 0.1) is 0 Å². The Balaban J connectivity index is 1.68. The lowest BCUT2D eigenvalue weighted by atomic mass is 9.79. The van der Waals surface area contributed by atoms with Gasteiger partial charge in [-0.2, -0.15) is 0 Å². The highest BCUT2D eigenvalue weighted by Crippen LogP contribution is 2.44. The highest BCUT2D eigenvalue weighted by atomic mass is 16.5. The predicted molar refractivity (Wildman–Crippen MR) is 117 cm³/mol. The maximum absolute atomic E-state index is 12.5. The van der Waals surface area contributed by atoms with Crippen molar-refractivity contribution in [1.82, 2.24) is 5.32 Å². The third kappa shape index (κ3) is 4.56. The second-order valence-corrected chi connectivity index (χ2v) is 8.41. The molecule has 1 aliphatic rings. The fourth-order valence-electron chi connectivity index (χ4n) is 4.20. The number of benzene rings is 2.